The molecule has 0 unspecified atom stereocenters. The van der Waals surface area contributed by atoms with Crippen LogP contribution < -0.4 is 0 Å². The molecular formula is C14H24O. The second kappa shape index (κ2) is 13.2. The van der Waals surface area contributed by atoms with E-state index in [1.165, 1.54) is 44.9 Å². The third-order valence-electron chi connectivity index (χ3n) is 2.49. The average molecular weight is 208 g/mol. The molecule has 0 aliphatic carbocycles. The van der Waals surface area contributed by atoms with Gasteiger partial charge in [-0.25, -0.2) is 0 Å². The quantitative estimate of drug-likeness (QED) is 0.212. The van der Waals surface area contributed by atoms with Gasteiger partial charge in [-0.05, 0) is 31.8 Å². The number of carbonyl (C=O) groups is 1. The van der Waals surface area contributed by atoms with E-state index in [-0.39, 0.29) is 0 Å². The lowest BCUT2D eigenvalue weighted by Crippen LogP contribution is -1.80. The highest BCUT2D eigenvalue weighted by Crippen LogP contribution is 2.09. The standard InChI is InChI=1S/C14H24O/c1-2-3-4-5-6-7-8-9-10-11-12-13-14-15/h2,12-14H,1,3-11H2. The SMILES string of the molecule is C=CCCCCCCCCCC=CC=O. The van der Waals surface area contributed by atoms with Gasteiger partial charge in [0.05, 0.1) is 0 Å². The molecule has 0 fully saturated rings. The van der Waals surface area contributed by atoms with Crippen LogP contribution in [0.4, 0.5) is 0 Å². The van der Waals surface area contributed by atoms with Gasteiger partial charge in [0.15, 0.2) is 0 Å². The number of unbranched alkanes of at least 4 members (excludes halogenated alkanes) is 8. The van der Waals surface area contributed by atoms with Gasteiger partial charge in [-0.1, -0.05) is 44.3 Å². The van der Waals surface area contributed by atoms with Crippen molar-refractivity contribution < 1.29 is 4.79 Å². The highest BCUT2D eigenvalue weighted by molar-refractivity contribution is 5.64. The van der Waals surface area contributed by atoms with Crippen molar-refractivity contribution in [3.05, 3.63) is 24.8 Å². The largest absolute Gasteiger partial charge is 0.299 e. The van der Waals surface area contributed by atoms with Crippen LogP contribution in [0.3, 0.4) is 0 Å². The van der Waals surface area contributed by atoms with Crippen molar-refractivity contribution in [2.45, 2.75) is 57.8 Å². The van der Waals surface area contributed by atoms with E-state index in [1.54, 1.807) is 6.08 Å². The number of carbonyl (C=O) groups excluding carboxylic acids is 1. The molecule has 0 atom stereocenters. The molecule has 0 aliphatic rings. The smallest absolute Gasteiger partial charge is 0.142 e. The molecule has 0 heterocycles. The van der Waals surface area contributed by atoms with Crippen molar-refractivity contribution in [1.82, 2.24) is 0 Å². The molecule has 0 radical (unpaired) electrons. The van der Waals surface area contributed by atoms with Crippen molar-refractivity contribution >= 4 is 6.29 Å². The van der Waals surface area contributed by atoms with Gasteiger partial charge in [-0.2, -0.15) is 0 Å². The Hall–Kier alpha value is -0.850. The Kier molecular flexibility index (Phi) is 12.4. The highest BCUT2D eigenvalue weighted by Gasteiger charge is 1.90. The first-order valence-corrected chi connectivity index (χ1v) is 6.13. The van der Waals surface area contributed by atoms with Gasteiger partial charge >= 0.3 is 0 Å². The Labute approximate surface area is 94.3 Å². The molecule has 0 saturated carbocycles. The fourth-order valence-corrected chi connectivity index (χ4v) is 1.59. The summed E-state index contributed by atoms with van der Waals surface area (Å²) < 4.78 is 0. The predicted molar refractivity (Wildman–Crippen MR) is 67.0 cm³/mol. The van der Waals surface area contributed by atoms with Crippen LogP contribution in [0.5, 0.6) is 0 Å². The number of hydrogen-bond acceptors (Lipinski definition) is 1. The van der Waals surface area contributed by atoms with E-state index in [1.807, 2.05) is 12.2 Å². The van der Waals surface area contributed by atoms with Crippen LogP contribution in [-0.2, 0) is 4.79 Å². The lowest BCUT2D eigenvalue weighted by Gasteiger charge is -1.99. The summed E-state index contributed by atoms with van der Waals surface area (Å²) in [5, 5.41) is 0. The van der Waals surface area contributed by atoms with E-state index in [2.05, 4.69) is 6.58 Å². The van der Waals surface area contributed by atoms with Gasteiger partial charge in [-0.15, -0.1) is 6.58 Å². The molecule has 0 aromatic heterocycles. The van der Waals surface area contributed by atoms with Crippen molar-refractivity contribution in [3.63, 3.8) is 0 Å². The van der Waals surface area contributed by atoms with E-state index in [4.69, 9.17) is 0 Å². The zero-order chi connectivity index (χ0) is 11.2. The summed E-state index contributed by atoms with van der Waals surface area (Å²) in [7, 11) is 0. The maximum absolute atomic E-state index is 9.97. The zero-order valence-electron chi connectivity index (χ0n) is 9.79. The monoisotopic (exact) mass is 208 g/mol. The second-order valence-electron chi connectivity index (χ2n) is 3.91. The summed E-state index contributed by atoms with van der Waals surface area (Å²) in [4.78, 5) is 9.97. The summed E-state index contributed by atoms with van der Waals surface area (Å²) in [5.41, 5.74) is 0. The minimum atomic E-state index is 0.847. The Morgan fingerprint density at radius 2 is 1.33 bits per heavy atom. The van der Waals surface area contributed by atoms with Crippen LogP contribution >= 0.6 is 0 Å². The first-order chi connectivity index (χ1) is 7.41. The van der Waals surface area contributed by atoms with Gasteiger partial charge in [0.2, 0.25) is 0 Å². The molecule has 0 saturated heterocycles. The molecule has 0 amide bonds. The highest BCUT2D eigenvalue weighted by atomic mass is 16.1. The third kappa shape index (κ3) is 13.2. The molecule has 86 valence electrons. The molecule has 0 aromatic carbocycles. The lowest BCUT2D eigenvalue weighted by atomic mass is 10.1. The van der Waals surface area contributed by atoms with Crippen molar-refractivity contribution in [2.24, 2.45) is 0 Å². The predicted octanol–water partition coefficient (Wildman–Crippen LogP) is 4.44. The molecular weight excluding hydrogens is 184 g/mol. The number of rotatable bonds is 11. The topological polar surface area (TPSA) is 17.1 Å². The van der Waals surface area contributed by atoms with Crippen LogP contribution in [-0.4, -0.2) is 6.29 Å². The summed E-state index contributed by atoms with van der Waals surface area (Å²) in [5.74, 6) is 0. The molecule has 15 heavy (non-hydrogen) atoms. The van der Waals surface area contributed by atoms with Crippen molar-refractivity contribution in [3.8, 4) is 0 Å². The van der Waals surface area contributed by atoms with Crippen molar-refractivity contribution in [1.29, 1.82) is 0 Å². The van der Waals surface area contributed by atoms with E-state index in [0.29, 0.717) is 0 Å². The first kappa shape index (κ1) is 14.2. The Morgan fingerprint density at radius 1 is 0.800 bits per heavy atom. The number of allylic oxidation sites excluding steroid dienone is 3. The third-order valence-corrected chi connectivity index (χ3v) is 2.49. The molecule has 0 bridgehead atoms. The fourth-order valence-electron chi connectivity index (χ4n) is 1.59. The Bertz CT molecular complexity index is 170. The van der Waals surface area contributed by atoms with E-state index in [9.17, 15) is 4.79 Å². The molecule has 0 aromatic rings. The molecule has 0 rings (SSSR count). The van der Waals surface area contributed by atoms with Crippen LogP contribution in [0.1, 0.15) is 57.8 Å². The Morgan fingerprint density at radius 3 is 1.87 bits per heavy atom. The van der Waals surface area contributed by atoms with E-state index < -0.39 is 0 Å². The van der Waals surface area contributed by atoms with Crippen LogP contribution in [0.25, 0.3) is 0 Å². The van der Waals surface area contributed by atoms with Gasteiger partial charge in [0.1, 0.15) is 6.29 Å². The molecule has 1 nitrogen and oxygen atoms in total. The fraction of sp³-hybridized carbons (Fsp3) is 0.643. The minimum absolute atomic E-state index is 0.847. The maximum atomic E-state index is 9.97. The summed E-state index contributed by atoms with van der Waals surface area (Å²) in [6.07, 6.45) is 17.8. The number of aldehydes is 1. The molecule has 0 aliphatic heterocycles. The van der Waals surface area contributed by atoms with Crippen LogP contribution in [0.15, 0.2) is 24.8 Å². The van der Waals surface area contributed by atoms with Gasteiger partial charge in [0.25, 0.3) is 0 Å². The Balaban J connectivity index is 2.95. The van der Waals surface area contributed by atoms with Gasteiger partial charge in [-0.3, -0.25) is 4.79 Å². The molecule has 0 N–H and O–H groups in total. The maximum Gasteiger partial charge on any atom is 0.142 e. The minimum Gasteiger partial charge on any atom is -0.299 e. The van der Waals surface area contributed by atoms with Crippen LogP contribution in [0, 0.1) is 0 Å². The normalized spacial score (nSPS) is 10.7. The van der Waals surface area contributed by atoms with Gasteiger partial charge < -0.3 is 0 Å². The molecule has 1 heteroatoms. The first-order valence-electron chi connectivity index (χ1n) is 6.13. The summed E-state index contributed by atoms with van der Waals surface area (Å²) in [6.45, 7) is 3.71. The van der Waals surface area contributed by atoms with E-state index >= 15 is 0 Å². The summed E-state index contributed by atoms with van der Waals surface area (Å²) in [6, 6.07) is 0. The number of hydrogen-bond donors (Lipinski definition) is 0. The summed E-state index contributed by atoms with van der Waals surface area (Å²) >= 11 is 0. The zero-order valence-corrected chi connectivity index (χ0v) is 9.79. The second-order valence-corrected chi connectivity index (χ2v) is 3.91. The lowest BCUT2D eigenvalue weighted by molar-refractivity contribution is -0.104. The molecule has 0 spiro atoms. The average Bonchev–Trinajstić information content (AvgIpc) is 2.26. The van der Waals surface area contributed by atoms with Crippen LogP contribution in [0.2, 0.25) is 0 Å². The van der Waals surface area contributed by atoms with Gasteiger partial charge in [0, 0.05) is 0 Å². The van der Waals surface area contributed by atoms with E-state index in [0.717, 1.165) is 19.1 Å². The van der Waals surface area contributed by atoms with Crippen molar-refractivity contribution in [2.75, 3.05) is 0 Å².